The summed E-state index contributed by atoms with van der Waals surface area (Å²) in [5.41, 5.74) is 2.38. The van der Waals surface area contributed by atoms with Gasteiger partial charge in [0.1, 0.15) is 5.82 Å². The lowest BCUT2D eigenvalue weighted by Gasteiger charge is -2.23. The van der Waals surface area contributed by atoms with Gasteiger partial charge in [-0.3, -0.25) is 4.79 Å². The van der Waals surface area contributed by atoms with E-state index in [4.69, 9.17) is 11.6 Å². The van der Waals surface area contributed by atoms with Crippen LogP contribution in [0.25, 0.3) is 0 Å². The van der Waals surface area contributed by atoms with Gasteiger partial charge in [-0.2, -0.15) is 0 Å². The van der Waals surface area contributed by atoms with Crippen LogP contribution in [0.15, 0.2) is 36.5 Å². The number of hydrogen-bond donors (Lipinski definition) is 3. The molecule has 2 aromatic rings. The molecule has 1 aliphatic heterocycles. The van der Waals surface area contributed by atoms with Gasteiger partial charge in [-0.1, -0.05) is 17.7 Å². The lowest BCUT2D eigenvalue weighted by atomic mass is 9.98. The summed E-state index contributed by atoms with van der Waals surface area (Å²) in [7, 11) is 0. The maximum atomic E-state index is 12.7. The molecule has 1 aromatic carbocycles. The second kappa shape index (κ2) is 8.32. The second-order valence-corrected chi connectivity index (χ2v) is 6.88. The molecular weight excluding hydrogens is 336 g/mol. The monoisotopic (exact) mass is 358 g/mol. The first-order valence-electron chi connectivity index (χ1n) is 8.60. The number of aromatic nitrogens is 1. The van der Waals surface area contributed by atoms with Crippen molar-refractivity contribution in [3.05, 3.63) is 52.7 Å². The van der Waals surface area contributed by atoms with Gasteiger partial charge in [-0.25, -0.2) is 4.98 Å². The highest BCUT2D eigenvalue weighted by Crippen LogP contribution is 2.23. The van der Waals surface area contributed by atoms with Crippen molar-refractivity contribution in [3.63, 3.8) is 0 Å². The number of aryl methyl sites for hydroxylation is 1. The predicted octanol–water partition coefficient (Wildman–Crippen LogP) is 3.71. The minimum absolute atomic E-state index is 0.216. The molecule has 2 heterocycles. The molecular formula is C19H23ClN4O. The maximum Gasteiger partial charge on any atom is 0.258 e. The molecule has 1 amide bonds. The van der Waals surface area contributed by atoms with Crippen LogP contribution in [0, 0.1) is 12.8 Å². The minimum atomic E-state index is -0.216. The Hall–Kier alpha value is -2.11. The molecule has 25 heavy (non-hydrogen) atoms. The Bertz CT molecular complexity index is 727. The third kappa shape index (κ3) is 4.94. The summed E-state index contributed by atoms with van der Waals surface area (Å²) in [6.07, 6.45) is 4.02. The number of nitrogens with one attached hydrogen (secondary N) is 3. The molecule has 5 nitrogen and oxygen atoms in total. The highest BCUT2D eigenvalue weighted by molar-refractivity contribution is 6.31. The lowest BCUT2D eigenvalue weighted by molar-refractivity contribution is 0.102. The molecule has 6 heteroatoms. The summed E-state index contributed by atoms with van der Waals surface area (Å²) in [4.78, 5) is 16.9. The minimum Gasteiger partial charge on any atom is -0.384 e. The van der Waals surface area contributed by atoms with Gasteiger partial charge in [-0.05, 0) is 68.6 Å². The van der Waals surface area contributed by atoms with Crippen LogP contribution in [0.5, 0.6) is 0 Å². The van der Waals surface area contributed by atoms with Crippen molar-refractivity contribution >= 4 is 29.0 Å². The van der Waals surface area contributed by atoms with Crippen molar-refractivity contribution in [1.29, 1.82) is 0 Å². The molecule has 0 atom stereocenters. The van der Waals surface area contributed by atoms with Crippen LogP contribution in [0.4, 0.5) is 11.5 Å². The van der Waals surface area contributed by atoms with Gasteiger partial charge in [0.2, 0.25) is 0 Å². The molecule has 1 aliphatic rings. The first kappa shape index (κ1) is 17.7. The summed E-state index contributed by atoms with van der Waals surface area (Å²) < 4.78 is 0. The highest BCUT2D eigenvalue weighted by atomic mass is 35.5. The molecule has 132 valence electrons. The Labute approximate surface area is 153 Å². The Balaban J connectivity index is 1.71. The number of pyridine rings is 1. The fourth-order valence-electron chi connectivity index (χ4n) is 2.92. The van der Waals surface area contributed by atoms with E-state index in [-0.39, 0.29) is 5.91 Å². The zero-order chi connectivity index (χ0) is 17.6. The number of anilines is 2. The Morgan fingerprint density at radius 1 is 1.28 bits per heavy atom. The second-order valence-electron chi connectivity index (χ2n) is 6.44. The molecule has 0 bridgehead atoms. The third-order valence-electron chi connectivity index (χ3n) is 4.42. The summed E-state index contributed by atoms with van der Waals surface area (Å²) in [5, 5.41) is 10.2. The van der Waals surface area contributed by atoms with Crippen LogP contribution in [0.2, 0.25) is 5.02 Å². The molecule has 0 radical (unpaired) electrons. The maximum absolute atomic E-state index is 12.7. The average Bonchev–Trinajstić information content (AvgIpc) is 2.63. The third-order valence-corrected chi connectivity index (χ3v) is 4.65. The van der Waals surface area contributed by atoms with Crippen molar-refractivity contribution in [2.75, 3.05) is 30.3 Å². The lowest BCUT2D eigenvalue weighted by Crippen LogP contribution is -2.31. The van der Waals surface area contributed by atoms with Gasteiger partial charge in [0, 0.05) is 23.5 Å². The summed E-state index contributed by atoms with van der Waals surface area (Å²) in [6, 6.07) is 9.06. The molecule has 0 saturated carbocycles. The number of carbonyl (C=O) groups excluding carboxylic acids is 1. The van der Waals surface area contributed by atoms with E-state index in [1.54, 1.807) is 24.4 Å². The van der Waals surface area contributed by atoms with E-state index in [9.17, 15) is 4.79 Å². The van der Waals surface area contributed by atoms with Gasteiger partial charge >= 0.3 is 0 Å². The molecule has 1 aromatic heterocycles. The van der Waals surface area contributed by atoms with E-state index >= 15 is 0 Å². The summed E-state index contributed by atoms with van der Waals surface area (Å²) >= 11 is 6.10. The number of nitrogens with zero attached hydrogens (tertiary/aromatic N) is 1. The van der Waals surface area contributed by atoms with Crippen molar-refractivity contribution in [1.82, 2.24) is 10.3 Å². The molecule has 3 rings (SSSR count). The largest absolute Gasteiger partial charge is 0.384 e. The van der Waals surface area contributed by atoms with Crippen molar-refractivity contribution < 1.29 is 4.79 Å². The number of amides is 1. The first-order chi connectivity index (χ1) is 12.1. The molecule has 1 saturated heterocycles. The van der Waals surface area contributed by atoms with Crippen LogP contribution in [-0.2, 0) is 0 Å². The number of halogens is 1. The van der Waals surface area contributed by atoms with Gasteiger partial charge in [0.05, 0.1) is 5.56 Å². The van der Waals surface area contributed by atoms with E-state index in [0.29, 0.717) is 22.3 Å². The average molecular weight is 359 g/mol. The summed E-state index contributed by atoms with van der Waals surface area (Å²) in [6.45, 7) is 4.92. The van der Waals surface area contributed by atoms with E-state index in [2.05, 4.69) is 20.9 Å². The smallest absolute Gasteiger partial charge is 0.258 e. The van der Waals surface area contributed by atoms with Crippen LogP contribution in [-0.4, -0.2) is 30.5 Å². The fraction of sp³-hybridized carbons (Fsp3) is 0.368. The number of piperidine rings is 1. The van der Waals surface area contributed by atoms with E-state index in [0.717, 1.165) is 43.7 Å². The topological polar surface area (TPSA) is 66.1 Å². The van der Waals surface area contributed by atoms with Crippen LogP contribution in [0.1, 0.15) is 28.8 Å². The van der Waals surface area contributed by atoms with Gasteiger partial charge < -0.3 is 16.0 Å². The highest BCUT2D eigenvalue weighted by Gasteiger charge is 2.16. The Morgan fingerprint density at radius 2 is 2.08 bits per heavy atom. The van der Waals surface area contributed by atoms with E-state index < -0.39 is 0 Å². The summed E-state index contributed by atoms with van der Waals surface area (Å²) in [5.74, 6) is 0.929. The van der Waals surface area contributed by atoms with Gasteiger partial charge in [0.25, 0.3) is 5.91 Å². The number of benzene rings is 1. The van der Waals surface area contributed by atoms with Crippen molar-refractivity contribution in [3.8, 4) is 0 Å². The van der Waals surface area contributed by atoms with E-state index in [1.165, 1.54) is 0 Å². The quantitative estimate of drug-likeness (QED) is 0.762. The van der Waals surface area contributed by atoms with Crippen molar-refractivity contribution in [2.45, 2.75) is 19.8 Å². The van der Waals surface area contributed by atoms with E-state index in [1.807, 2.05) is 19.1 Å². The molecule has 1 fully saturated rings. The molecule has 0 aliphatic carbocycles. The number of rotatable bonds is 5. The number of hydrogen-bond acceptors (Lipinski definition) is 4. The number of carbonyl (C=O) groups is 1. The van der Waals surface area contributed by atoms with Gasteiger partial charge in [0.15, 0.2) is 0 Å². The normalized spacial score (nSPS) is 15.0. The Morgan fingerprint density at radius 3 is 2.80 bits per heavy atom. The molecule has 3 N–H and O–H groups in total. The van der Waals surface area contributed by atoms with Crippen LogP contribution in [0.3, 0.4) is 0 Å². The zero-order valence-electron chi connectivity index (χ0n) is 14.3. The van der Waals surface area contributed by atoms with Crippen LogP contribution < -0.4 is 16.0 Å². The molecule has 0 unspecified atom stereocenters. The van der Waals surface area contributed by atoms with Gasteiger partial charge in [-0.15, -0.1) is 0 Å². The Kier molecular flexibility index (Phi) is 5.89. The zero-order valence-corrected chi connectivity index (χ0v) is 15.1. The fourth-order valence-corrected chi connectivity index (χ4v) is 3.10. The van der Waals surface area contributed by atoms with Crippen LogP contribution >= 0.6 is 11.6 Å². The molecule has 0 spiro atoms. The first-order valence-corrected chi connectivity index (χ1v) is 8.98. The standard InChI is InChI=1S/C19H23ClN4O/c1-13-2-5-18(23-11-13)24-19(25)16-10-15(20)3-4-17(16)22-12-14-6-8-21-9-7-14/h2-5,10-11,14,21-22H,6-9,12H2,1H3,(H,23,24,25). The SMILES string of the molecule is Cc1ccc(NC(=O)c2cc(Cl)ccc2NCC2CCNCC2)nc1. The predicted molar refractivity (Wildman–Crippen MR) is 102 cm³/mol. The van der Waals surface area contributed by atoms with Crippen molar-refractivity contribution in [2.24, 2.45) is 5.92 Å².